The minimum Gasteiger partial charge on any atom is -0.478 e. The molecular formula is C8H7F3NO. The van der Waals surface area contributed by atoms with Gasteiger partial charge in [0.05, 0.1) is 6.61 Å². The molecule has 1 rings (SSSR count). The Labute approximate surface area is 73.4 Å². The van der Waals surface area contributed by atoms with Crippen molar-refractivity contribution in [2.75, 3.05) is 6.61 Å². The quantitative estimate of drug-likeness (QED) is 0.713. The van der Waals surface area contributed by atoms with E-state index in [1.165, 1.54) is 0 Å². The molecular weight excluding hydrogens is 183 g/mol. The minimum atomic E-state index is -4.43. The molecule has 0 unspecified atom stereocenters. The maximum Gasteiger partial charge on any atom is 0.433 e. The summed E-state index contributed by atoms with van der Waals surface area (Å²) in [5, 5.41) is 0. The first-order valence-electron chi connectivity index (χ1n) is 3.62. The SMILES string of the molecule is CCOc1[c]ccc(C(F)(F)F)n1. The van der Waals surface area contributed by atoms with E-state index in [2.05, 4.69) is 11.1 Å². The third-order valence-corrected chi connectivity index (χ3v) is 1.24. The molecule has 0 aliphatic carbocycles. The third-order valence-electron chi connectivity index (χ3n) is 1.24. The average molecular weight is 190 g/mol. The van der Waals surface area contributed by atoms with Gasteiger partial charge >= 0.3 is 6.18 Å². The van der Waals surface area contributed by atoms with Gasteiger partial charge in [-0.05, 0) is 19.1 Å². The summed E-state index contributed by atoms with van der Waals surface area (Å²) in [6.45, 7) is 1.93. The number of aromatic nitrogens is 1. The highest BCUT2D eigenvalue weighted by atomic mass is 19.4. The molecule has 71 valence electrons. The summed E-state index contributed by atoms with van der Waals surface area (Å²) in [7, 11) is 0. The molecule has 0 saturated carbocycles. The van der Waals surface area contributed by atoms with Crippen molar-refractivity contribution in [2.24, 2.45) is 0 Å². The normalized spacial score (nSPS) is 11.4. The van der Waals surface area contributed by atoms with Gasteiger partial charge in [-0.3, -0.25) is 0 Å². The number of alkyl halides is 3. The van der Waals surface area contributed by atoms with Gasteiger partial charge in [-0.2, -0.15) is 13.2 Å². The number of ether oxygens (including phenoxy) is 1. The van der Waals surface area contributed by atoms with E-state index in [1.54, 1.807) is 6.92 Å². The molecule has 0 fully saturated rings. The van der Waals surface area contributed by atoms with E-state index < -0.39 is 11.9 Å². The molecule has 0 aliphatic heterocycles. The number of halogens is 3. The first-order valence-corrected chi connectivity index (χ1v) is 3.62. The monoisotopic (exact) mass is 190 g/mol. The van der Waals surface area contributed by atoms with Crippen LogP contribution in [0.4, 0.5) is 13.2 Å². The number of pyridine rings is 1. The van der Waals surface area contributed by atoms with Crippen LogP contribution < -0.4 is 4.74 Å². The van der Waals surface area contributed by atoms with E-state index in [1.807, 2.05) is 0 Å². The number of nitrogens with zero attached hydrogens (tertiary/aromatic N) is 1. The lowest BCUT2D eigenvalue weighted by atomic mass is 10.3. The second kappa shape index (κ2) is 3.64. The number of rotatable bonds is 2. The van der Waals surface area contributed by atoms with Gasteiger partial charge in [0.25, 0.3) is 0 Å². The summed E-state index contributed by atoms with van der Waals surface area (Å²) in [6.07, 6.45) is -4.43. The minimum absolute atomic E-state index is 0.127. The molecule has 0 amide bonds. The fraction of sp³-hybridized carbons (Fsp3) is 0.375. The molecule has 5 heteroatoms. The Morgan fingerprint density at radius 3 is 2.77 bits per heavy atom. The fourth-order valence-electron chi connectivity index (χ4n) is 0.739. The van der Waals surface area contributed by atoms with Crippen molar-refractivity contribution in [3.05, 3.63) is 23.9 Å². The number of hydrogen-bond acceptors (Lipinski definition) is 2. The van der Waals surface area contributed by atoms with Crippen LogP contribution in [0.15, 0.2) is 12.1 Å². The molecule has 0 aromatic carbocycles. The van der Waals surface area contributed by atoms with Crippen LogP contribution in [-0.2, 0) is 6.18 Å². The van der Waals surface area contributed by atoms with E-state index in [0.29, 0.717) is 0 Å². The van der Waals surface area contributed by atoms with Crippen LogP contribution in [0, 0.1) is 6.07 Å². The second-order valence-electron chi connectivity index (χ2n) is 2.21. The van der Waals surface area contributed by atoms with Gasteiger partial charge in [0.1, 0.15) is 5.69 Å². The Kier molecular flexibility index (Phi) is 2.75. The lowest BCUT2D eigenvalue weighted by Gasteiger charge is -2.06. The second-order valence-corrected chi connectivity index (χ2v) is 2.21. The Bertz CT molecular complexity index is 285. The van der Waals surface area contributed by atoms with Crippen LogP contribution in [0.25, 0.3) is 0 Å². The summed E-state index contributed by atoms with van der Waals surface area (Å²) >= 11 is 0. The van der Waals surface area contributed by atoms with Crippen LogP contribution in [0.2, 0.25) is 0 Å². The van der Waals surface area contributed by atoms with Gasteiger partial charge in [-0.25, -0.2) is 4.98 Å². The standard InChI is InChI=1S/C8H7F3NO/c1-2-13-7-5-3-4-6(12-7)8(9,10)11/h3-4H,2H2,1H3. The molecule has 1 aromatic heterocycles. The van der Waals surface area contributed by atoms with Crippen LogP contribution in [-0.4, -0.2) is 11.6 Å². The lowest BCUT2D eigenvalue weighted by molar-refractivity contribution is -0.141. The zero-order valence-corrected chi connectivity index (χ0v) is 6.85. The van der Waals surface area contributed by atoms with E-state index >= 15 is 0 Å². The number of hydrogen-bond donors (Lipinski definition) is 0. The topological polar surface area (TPSA) is 22.1 Å². The summed E-state index contributed by atoms with van der Waals surface area (Å²) in [4.78, 5) is 3.23. The predicted molar refractivity (Wildman–Crippen MR) is 39.2 cm³/mol. The Balaban J connectivity index is 2.92. The molecule has 1 aromatic rings. The van der Waals surface area contributed by atoms with Crippen LogP contribution in [0.3, 0.4) is 0 Å². The van der Waals surface area contributed by atoms with Crippen molar-refractivity contribution < 1.29 is 17.9 Å². The molecule has 0 saturated heterocycles. The highest BCUT2D eigenvalue weighted by Gasteiger charge is 2.32. The van der Waals surface area contributed by atoms with Crippen LogP contribution in [0.1, 0.15) is 12.6 Å². The fourth-order valence-corrected chi connectivity index (χ4v) is 0.739. The first-order chi connectivity index (χ1) is 6.04. The first kappa shape index (κ1) is 9.83. The molecule has 1 radical (unpaired) electrons. The van der Waals surface area contributed by atoms with Gasteiger partial charge in [-0.1, -0.05) is 0 Å². The van der Waals surface area contributed by atoms with Crippen molar-refractivity contribution in [3.63, 3.8) is 0 Å². The van der Waals surface area contributed by atoms with Gasteiger partial charge in [0.2, 0.25) is 5.88 Å². The molecule has 1 heterocycles. The highest BCUT2D eigenvalue weighted by molar-refractivity contribution is 5.16. The highest BCUT2D eigenvalue weighted by Crippen LogP contribution is 2.28. The Morgan fingerprint density at radius 1 is 1.54 bits per heavy atom. The van der Waals surface area contributed by atoms with Crippen molar-refractivity contribution in [3.8, 4) is 5.88 Å². The third kappa shape index (κ3) is 2.61. The van der Waals surface area contributed by atoms with Crippen LogP contribution in [0.5, 0.6) is 5.88 Å². The largest absolute Gasteiger partial charge is 0.478 e. The molecule has 0 spiro atoms. The average Bonchev–Trinajstić information content (AvgIpc) is 2.04. The van der Waals surface area contributed by atoms with Gasteiger partial charge in [0, 0.05) is 6.07 Å². The summed E-state index contributed by atoms with van der Waals surface area (Å²) in [6, 6.07) is 4.44. The zero-order valence-electron chi connectivity index (χ0n) is 6.85. The van der Waals surface area contributed by atoms with E-state index in [9.17, 15) is 13.2 Å². The zero-order chi connectivity index (χ0) is 9.90. The van der Waals surface area contributed by atoms with Crippen molar-refractivity contribution in [2.45, 2.75) is 13.1 Å². The van der Waals surface area contributed by atoms with Gasteiger partial charge < -0.3 is 4.74 Å². The van der Waals surface area contributed by atoms with Crippen molar-refractivity contribution >= 4 is 0 Å². The molecule has 13 heavy (non-hydrogen) atoms. The van der Waals surface area contributed by atoms with Crippen LogP contribution >= 0.6 is 0 Å². The lowest BCUT2D eigenvalue weighted by Crippen LogP contribution is -2.08. The van der Waals surface area contributed by atoms with Gasteiger partial charge in [-0.15, -0.1) is 0 Å². The molecule has 0 aliphatic rings. The maximum absolute atomic E-state index is 12.1. The molecule has 0 bridgehead atoms. The smallest absolute Gasteiger partial charge is 0.433 e. The van der Waals surface area contributed by atoms with Crippen molar-refractivity contribution in [1.82, 2.24) is 4.98 Å². The van der Waals surface area contributed by atoms with E-state index in [4.69, 9.17) is 4.74 Å². The molecule has 2 nitrogen and oxygen atoms in total. The van der Waals surface area contributed by atoms with Gasteiger partial charge in [0.15, 0.2) is 0 Å². The van der Waals surface area contributed by atoms with E-state index in [-0.39, 0.29) is 12.5 Å². The summed E-state index contributed by atoms with van der Waals surface area (Å²) < 4.78 is 41.0. The summed E-state index contributed by atoms with van der Waals surface area (Å²) in [5.41, 5.74) is -0.963. The maximum atomic E-state index is 12.1. The Morgan fingerprint density at radius 2 is 2.23 bits per heavy atom. The Hall–Kier alpha value is -1.26. The summed E-state index contributed by atoms with van der Waals surface area (Å²) in [5.74, 6) is -0.127. The van der Waals surface area contributed by atoms with E-state index in [0.717, 1.165) is 12.1 Å². The predicted octanol–water partition coefficient (Wildman–Crippen LogP) is 2.30. The molecule has 0 atom stereocenters. The molecule has 0 N–H and O–H groups in total. The van der Waals surface area contributed by atoms with Crippen molar-refractivity contribution in [1.29, 1.82) is 0 Å².